The molecule has 2 N–H and O–H groups in total. The molecule has 1 aliphatic carbocycles. The quantitative estimate of drug-likeness (QED) is 0.894. The number of hydrogen-bond donors (Lipinski definition) is 1. The highest BCUT2D eigenvalue weighted by molar-refractivity contribution is 5.96. The third kappa shape index (κ3) is 3.63. The number of nitrogens with zero attached hydrogens (tertiary/aromatic N) is 3. The molecule has 0 unspecified atom stereocenters. The van der Waals surface area contributed by atoms with Gasteiger partial charge in [0.2, 0.25) is 5.91 Å². The first-order valence-corrected chi connectivity index (χ1v) is 8.45. The van der Waals surface area contributed by atoms with Gasteiger partial charge in [-0.15, -0.1) is 0 Å². The van der Waals surface area contributed by atoms with Crippen molar-refractivity contribution >= 4 is 17.6 Å². The van der Waals surface area contributed by atoms with Gasteiger partial charge in [0.25, 0.3) is 5.91 Å². The van der Waals surface area contributed by atoms with E-state index >= 15 is 0 Å². The number of carbonyl (C=O) groups excluding carboxylic acids is 2. The van der Waals surface area contributed by atoms with Gasteiger partial charge in [-0.1, -0.05) is 12.8 Å². The highest BCUT2D eigenvalue weighted by Gasteiger charge is 2.28. The van der Waals surface area contributed by atoms with Crippen LogP contribution in [0, 0.1) is 0 Å². The molecule has 2 heterocycles. The maximum Gasteiger partial charge on any atom is 0.256 e. The van der Waals surface area contributed by atoms with Gasteiger partial charge in [0.05, 0.1) is 12.1 Å². The summed E-state index contributed by atoms with van der Waals surface area (Å²) in [5, 5.41) is 0. The molecule has 1 aliphatic heterocycles. The lowest BCUT2D eigenvalue weighted by atomic mass is 10.1. The predicted molar refractivity (Wildman–Crippen MR) is 88.2 cm³/mol. The number of carbonyl (C=O) groups is 2. The minimum absolute atomic E-state index is 0.0165. The molecule has 0 radical (unpaired) electrons. The fourth-order valence-electron chi connectivity index (χ4n) is 3.56. The van der Waals surface area contributed by atoms with Crippen LogP contribution in [-0.4, -0.2) is 47.4 Å². The van der Waals surface area contributed by atoms with E-state index in [1.807, 2.05) is 12.1 Å². The van der Waals surface area contributed by atoms with E-state index in [-0.39, 0.29) is 18.5 Å². The predicted octanol–water partition coefficient (Wildman–Crippen LogP) is 1.55. The molecule has 1 aromatic rings. The average molecular weight is 316 g/mol. The van der Waals surface area contributed by atoms with E-state index in [0.717, 1.165) is 44.6 Å². The van der Waals surface area contributed by atoms with Gasteiger partial charge in [0.15, 0.2) is 0 Å². The van der Waals surface area contributed by atoms with E-state index in [0.29, 0.717) is 5.56 Å². The van der Waals surface area contributed by atoms with E-state index in [2.05, 4.69) is 9.88 Å². The number of amides is 2. The smallest absolute Gasteiger partial charge is 0.256 e. The number of primary amides is 1. The van der Waals surface area contributed by atoms with Crippen molar-refractivity contribution in [3.05, 3.63) is 23.9 Å². The lowest BCUT2D eigenvalue weighted by Crippen LogP contribution is -2.44. The van der Waals surface area contributed by atoms with Crippen LogP contribution in [0.3, 0.4) is 0 Å². The van der Waals surface area contributed by atoms with Gasteiger partial charge in [0.1, 0.15) is 5.82 Å². The summed E-state index contributed by atoms with van der Waals surface area (Å²) in [6.07, 6.45) is 8.08. The fraction of sp³-hybridized carbons (Fsp3) is 0.588. The first kappa shape index (κ1) is 15.8. The standard InChI is InChI=1S/C17H24N4O2/c18-15(22)12-21(14-5-1-2-6-14)17(23)13-7-8-16(19-11-13)20-9-3-4-10-20/h7-8,11,14H,1-6,9-10,12H2,(H2,18,22). The van der Waals surface area contributed by atoms with E-state index in [9.17, 15) is 9.59 Å². The van der Waals surface area contributed by atoms with Gasteiger partial charge >= 0.3 is 0 Å². The summed E-state index contributed by atoms with van der Waals surface area (Å²) < 4.78 is 0. The Kier molecular flexibility index (Phi) is 4.79. The van der Waals surface area contributed by atoms with Crippen LogP contribution in [-0.2, 0) is 4.79 Å². The van der Waals surface area contributed by atoms with Crippen molar-refractivity contribution in [2.75, 3.05) is 24.5 Å². The molecule has 2 aliphatic rings. The van der Waals surface area contributed by atoms with Crippen molar-refractivity contribution in [3.63, 3.8) is 0 Å². The molecular formula is C17H24N4O2. The van der Waals surface area contributed by atoms with Crippen LogP contribution < -0.4 is 10.6 Å². The third-order valence-electron chi connectivity index (χ3n) is 4.78. The summed E-state index contributed by atoms with van der Waals surface area (Å²) in [4.78, 5) is 32.4. The van der Waals surface area contributed by atoms with Crippen molar-refractivity contribution in [2.45, 2.75) is 44.6 Å². The second-order valence-electron chi connectivity index (χ2n) is 6.44. The molecule has 0 atom stereocenters. The van der Waals surface area contributed by atoms with Crippen LogP contribution in [0.2, 0.25) is 0 Å². The van der Waals surface area contributed by atoms with Crippen molar-refractivity contribution in [2.24, 2.45) is 5.73 Å². The number of pyridine rings is 1. The topological polar surface area (TPSA) is 79.5 Å². The van der Waals surface area contributed by atoms with Crippen LogP contribution >= 0.6 is 0 Å². The Hall–Kier alpha value is -2.11. The third-order valence-corrected chi connectivity index (χ3v) is 4.78. The zero-order chi connectivity index (χ0) is 16.2. The van der Waals surface area contributed by atoms with Crippen molar-refractivity contribution in [3.8, 4) is 0 Å². The average Bonchev–Trinajstić information content (AvgIpc) is 3.25. The maximum absolute atomic E-state index is 12.8. The van der Waals surface area contributed by atoms with Crippen LogP contribution in [0.15, 0.2) is 18.3 Å². The van der Waals surface area contributed by atoms with Gasteiger partial charge in [-0.3, -0.25) is 9.59 Å². The molecule has 2 amide bonds. The van der Waals surface area contributed by atoms with Gasteiger partial charge in [0, 0.05) is 25.3 Å². The molecule has 0 bridgehead atoms. The van der Waals surface area contributed by atoms with Crippen LogP contribution in [0.5, 0.6) is 0 Å². The largest absolute Gasteiger partial charge is 0.368 e. The zero-order valence-electron chi connectivity index (χ0n) is 13.4. The molecule has 124 valence electrons. The highest BCUT2D eigenvalue weighted by Crippen LogP contribution is 2.25. The molecule has 1 aromatic heterocycles. The monoisotopic (exact) mass is 316 g/mol. The Balaban J connectivity index is 1.74. The summed E-state index contributed by atoms with van der Waals surface area (Å²) >= 11 is 0. The number of hydrogen-bond acceptors (Lipinski definition) is 4. The van der Waals surface area contributed by atoms with E-state index in [1.165, 1.54) is 12.8 Å². The fourth-order valence-corrected chi connectivity index (χ4v) is 3.56. The minimum atomic E-state index is -0.466. The number of nitrogens with two attached hydrogens (primary N) is 1. The van der Waals surface area contributed by atoms with Gasteiger partial charge < -0.3 is 15.5 Å². The number of anilines is 1. The van der Waals surface area contributed by atoms with Crippen molar-refractivity contribution in [1.82, 2.24) is 9.88 Å². The van der Waals surface area contributed by atoms with Gasteiger partial charge in [-0.25, -0.2) is 4.98 Å². The molecule has 3 rings (SSSR count). The van der Waals surface area contributed by atoms with E-state index in [4.69, 9.17) is 5.73 Å². The molecular weight excluding hydrogens is 292 g/mol. The molecule has 0 spiro atoms. The van der Waals surface area contributed by atoms with Gasteiger partial charge in [-0.05, 0) is 37.8 Å². The lowest BCUT2D eigenvalue weighted by Gasteiger charge is -2.28. The lowest BCUT2D eigenvalue weighted by molar-refractivity contribution is -0.119. The zero-order valence-corrected chi connectivity index (χ0v) is 13.4. The van der Waals surface area contributed by atoms with Crippen molar-refractivity contribution < 1.29 is 9.59 Å². The normalized spacial score (nSPS) is 18.3. The van der Waals surface area contributed by atoms with Crippen LogP contribution in [0.4, 0.5) is 5.82 Å². The second kappa shape index (κ2) is 6.98. The SMILES string of the molecule is NC(=O)CN(C(=O)c1ccc(N2CCCC2)nc1)C1CCCC1. The van der Waals surface area contributed by atoms with E-state index in [1.54, 1.807) is 11.1 Å². The molecule has 0 aromatic carbocycles. The Bertz CT molecular complexity index is 560. The van der Waals surface area contributed by atoms with Crippen molar-refractivity contribution in [1.29, 1.82) is 0 Å². The summed E-state index contributed by atoms with van der Waals surface area (Å²) in [5.41, 5.74) is 5.86. The highest BCUT2D eigenvalue weighted by atomic mass is 16.2. The Labute approximate surface area is 136 Å². The summed E-state index contributed by atoms with van der Waals surface area (Å²) in [6.45, 7) is 2.03. The molecule has 1 saturated carbocycles. The molecule has 6 heteroatoms. The molecule has 2 fully saturated rings. The Morgan fingerprint density at radius 3 is 2.43 bits per heavy atom. The minimum Gasteiger partial charge on any atom is -0.368 e. The first-order chi connectivity index (χ1) is 11.1. The first-order valence-electron chi connectivity index (χ1n) is 8.45. The molecule has 23 heavy (non-hydrogen) atoms. The number of aromatic nitrogens is 1. The summed E-state index contributed by atoms with van der Waals surface area (Å²) in [7, 11) is 0. The van der Waals surface area contributed by atoms with Gasteiger partial charge in [-0.2, -0.15) is 0 Å². The second-order valence-corrected chi connectivity index (χ2v) is 6.44. The number of rotatable bonds is 5. The molecule has 6 nitrogen and oxygen atoms in total. The maximum atomic E-state index is 12.8. The summed E-state index contributed by atoms with van der Waals surface area (Å²) in [5.74, 6) is 0.310. The van der Waals surface area contributed by atoms with Crippen LogP contribution in [0.25, 0.3) is 0 Å². The molecule has 1 saturated heterocycles. The summed E-state index contributed by atoms with van der Waals surface area (Å²) in [6, 6.07) is 3.83. The Morgan fingerprint density at radius 2 is 1.87 bits per heavy atom. The van der Waals surface area contributed by atoms with Crippen LogP contribution in [0.1, 0.15) is 48.9 Å². The van der Waals surface area contributed by atoms with E-state index < -0.39 is 5.91 Å². The Morgan fingerprint density at radius 1 is 1.17 bits per heavy atom.